The third-order valence-electron chi connectivity index (χ3n) is 3.47. The fourth-order valence-corrected chi connectivity index (χ4v) is 4.68. The first-order valence-electron chi connectivity index (χ1n) is 6.64. The van der Waals surface area contributed by atoms with Gasteiger partial charge in [-0.2, -0.15) is 4.31 Å². The van der Waals surface area contributed by atoms with Crippen LogP contribution in [-0.4, -0.2) is 38.4 Å². The molecule has 1 aromatic rings. The Labute approximate surface area is 124 Å². The second kappa shape index (κ2) is 6.39. The molecule has 4 nitrogen and oxygen atoms in total. The van der Waals surface area contributed by atoms with Crippen LogP contribution in [0.25, 0.3) is 0 Å². The molecule has 20 heavy (non-hydrogen) atoms. The van der Waals surface area contributed by atoms with E-state index in [0.29, 0.717) is 13.1 Å². The van der Waals surface area contributed by atoms with E-state index in [-0.39, 0.29) is 16.0 Å². The van der Waals surface area contributed by atoms with Crippen LogP contribution in [-0.2, 0) is 10.0 Å². The van der Waals surface area contributed by atoms with Gasteiger partial charge in [-0.05, 0) is 37.6 Å². The molecule has 7 heteroatoms. The third-order valence-corrected chi connectivity index (χ3v) is 5.98. The van der Waals surface area contributed by atoms with Gasteiger partial charge in [0.25, 0.3) is 0 Å². The Morgan fingerprint density at radius 3 is 2.80 bits per heavy atom. The lowest BCUT2D eigenvalue weighted by atomic mass is 10.1. The maximum absolute atomic E-state index is 13.1. The molecule has 112 valence electrons. The van der Waals surface area contributed by atoms with Crippen LogP contribution in [0.1, 0.15) is 19.8 Å². The largest absolute Gasteiger partial charge is 0.315 e. The summed E-state index contributed by atoms with van der Waals surface area (Å²) in [5, 5.41) is 3.12. The lowest BCUT2D eigenvalue weighted by Gasteiger charge is -2.33. The van der Waals surface area contributed by atoms with E-state index >= 15 is 0 Å². The number of benzene rings is 1. The molecule has 0 saturated carbocycles. The lowest BCUT2D eigenvalue weighted by Crippen LogP contribution is -2.48. The Bertz CT molecular complexity index is 574. The Hall–Kier alpha value is -0.690. The van der Waals surface area contributed by atoms with Gasteiger partial charge < -0.3 is 5.32 Å². The topological polar surface area (TPSA) is 49.4 Å². The Morgan fingerprint density at radius 1 is 1.50 bits per heavy atom. The zero-order chi connectivity index (χ0) is 14.8. The van der Waals surface area contributed by atoms with Crippen LogP contribution in [0.15, 0.2) is 23.1 Å². The predicted octanol–water partition coefficient (Wildman–Crippen LogP) is 2.24. The van der Waals surface area contributed by atoms with Gasteiger partial charge >= 0.3 is 0 Å². The molecule has 1 unspecified atom stereocenters. The Morgan fingerprint density at radius 2 is 2.25 bits per heavy atom. The van der Waals surface area contributed by atoms with E-state index in [1.54, 1.807) is 6.92 Å². The first-order chi connectivity index (χ1) is 9.46. The Balaban J connectivity index is 2.35. The number of nitrogens with one attached hydrogen (secondary N) is 1. The molecule has 2 rings (SSSR count). The zero-order valence-corrected chi connectivity index (χ0v) is 12.8. The Kier molecular flexibility index (Phi) is 5.01. The van der Waals surface area contributed by atoms with Gasteiger partial charge in [0, 0.05) is 19.1 Å². The van der Waals surface area contributed by atoms with E-state index in [1.165, 1.54) is 10.4 Å². The summed E-state index contributed by atoms with van der Waals surface area (Å²) in [4.78, 5) is -0.0343. The van der Waals surface area contributed by atoms with Gasteiger partial charge in [-0.3, -0.25) is 0 Å². The van der Waals surface area contributed by atoms with Gasteiger partial charge in [-0.1, -0.05) is 18.5 Å². The third kappa shape index (κ3) is 3.14. The number of sulfonamides is 1. The van der Waals surface area contributed by atoms with E-state index in [2.05, 4.69) is 5.32 Å². The predicted molar refractivity (Wildman–Crippen MR) is 76.9 cm³/mol. The van der Waals surface area contributed by atoms with Crippen molar-refractivity contribution in [2.45, 2.75) is 30.7 Å². The van der Waals surface area contributed by atoms with Gasteiger partial charge in [-0.25, -0.2) is 12.8 Å². The maximum Gasteiger partial charge on any atom is 0.244 e. The number of piperidine rings is 1. The van der Waals surface area contributed by atoms with Crippen molar-refractivity contribution in [1.29, 1.82) is 0 Å². The van der Waals surface area contributed by atoms with Crippen molar-refractivity contribution in [3.05, 3.63) is 29.0 Å². The molecule has 1 aromatic carbocycles. The number of hydrogen-bond donors (Lipinski definition) is 1. The van der Waals surface area contributed by atoms with Crippen LogP contribution in [0.5, 0.6) is 0 Å². The van der Waals surface area contributed by atoms with E-state index < -0.39 is 15.8 Å². The normalized spacial score (nSPS) is 20.3. The molecule has 0 radical (unpaired) electrons. The molecule has 0 spiro atoms. The molecule has 1 N–H and O–H groups in total. The van der Waals surface area contributed by atoms with Crippen molar-refractivity contribution < 1.29 is 12.8 Å². The highest BCUT2D eigenvalue weighted by Gasteiger charge is 2.32. The molecule has 1 saturated heterocycles. The highest BCUT2D eigenvalue weighted by molar-refractivity contribution is 7.89. The lowest BCUT2D eigenvalue weighted by molar-refractivity contribution is 0.274. The summed E-state index contributed by atoms with van der Waals surface area (Å²) in [6.07, 6.45) is 1.76. The highest BCUT2D eigenvalue weighted by Crippen LogP contribution is 2.27. The number of hydrogen-bond acceptors (Lipinski definition) is 3. The molecule has 1 aliphatic heterocycles. The molecular formula is C13H18ClFN2O2S. The van der Waals surface area contributed by atoms with Gasteiger partial charge in [0.15, 0.2) is 0 Å². The van der Waals surface area contributed by atoms with Gasteiger partial charge in [-0.15, -0.1) is 0 Å². The molecule has 1 atom stereocenters. The molecular weight excluding hydrogens is 303 g/mol. The zero-order valence-electron chi connectivity index (χ0n) is 11.3. The van der Waals surface area contributed by atoms with Crippen LogP contribution < -0.4 is 5.32 Å². The van der Waals surface area contributed by atoms with Gasteiger partial charge in [0.2, 0.25) is 10.0 Å². The van der Waals surface area contributed by atoms with Crippen molar-refractivity contribution in [2.24, 2.45) is 0 Å². The molecule has 1 fully saturated rings. The second-order valence-electron chi connectivity index (χ2n) is 4.78. The van der Waals surface area contributed by atoms with E-state index in [4.69, 9.17) is 11.6 Å². The molecule has 0 aliphatic carbocycles. The van der Waals surface area contributed by atoms with Crippen molar-refractivity contribution in [1.82, 2.24) is 9.62 Å². The number of nitrogens with zero attached hydrogens (tertiary/aromatic N) is 1. The maximum atomic E-state index is 13.1. The van der Waals surface area contributed by atoms with Crippen LogP contribution in [0.3, 0.4) is 0 Å². The number of likely N-dealkylation sites (N-methyl/N-ethyl adjacent to an activating group) is 1. The summed E-state index contributed by atoms with van der Waals surface area (Å²) in [5.41, 5.74) is 0. The average molecular weight is 321 g/mol. The highest BCUT2D eigenvalue weighted by atomic mass is 35.5. The standard InChI is InChI=1S/C13H18ClFN2O2S/c1-2-17(11-4-3-7-16-9-11)20(18,19)13-6-5-10(15)8-12(13)14/h5-6,8,11,16H,2-4,7,9H2,1H3. The minimum atomic E-state index is -3.70. The molecule has 1 aliphatic rings. The van der Waals surface area contributed by atoms with Gasteiger partial charge in [0.1, 0.15) is 10.7 Å². The molecule has 0 aromatic heterocycles. The van der Waals surface area contributed by atoms with Crippen LogP contribution in [0.4, 0.5) is 4.39 Å². The molecule has 0 amide bonds. The SMILES string of the molecule is CCN(C1CCCNC1)S(=O)(=O)c1ccc(F)cc1Cl. The van der Waals surface area contributed by atoms with Gasteiger partial charge in [0.05, 0.1) is 5.02 Å². The summed E-state index contributed by atoms with van der Waals surface area (Å²) < 4.78 is 39.9. The smallest absolute Gasteiger partial charge is 0.244 e. The first kappa shape index (κ1) is 15.7. The monoisotopic (exact) mass is 320 g/mol. The summed E-state index contributed by atoms with van der Waals surface area (Å²) in [7, 11) is -3.70. The van der Waals surface area contributed by atoms with Crippen molar-refractivity contribution in [3.8, 4) is 0 Å². The van der Waals surface area contributed by atoms with Crippen molar-refractivity contribution >= 4 is 21.6 Å². The summed E-state index contributed by atoms with van der Waals surface area (Å²) in [5.74, 6) is -0.545. The van der Waals surface area contributed by atoms with Crippen molar-refractivity contribution in [2.75, 3.05) is 19.6 Å². The minimum absolute atomic E-state index is 0.0343. The molecule has 1 heterocycles. The van der Waals surface area contributed by atoms with Crippen LogP contribution in [0.2, 0.25) is 5.02 Å². The minimum Gasteiger partial charge on any atom is -0.315 e. The first-order valence-corrected chi connectivity index (χ1v) is 8.46. The second-order valence-corrected chi connectivity index (χ2v) is 7.05. The van der Waals surface area contributed by atoms with E-state index in [1.807, 2.05) is 0 Å². The molecule has 0 bridgehead atoms. The van der Waals surface area contributed by atoms with Crippen molar-refractivity contribution in [3.63, 3.8) is 0 Å². The fraction of sp³-hybridized carbons (Fsp3) is 0.538. The van der Waals surface area contributed by atoms with Crippen LogP contribution >= 0.6 is 11.6 Å². The summed E-state index contributed by atoms with van der Waals surface area (Å²) >= 11 is 5.89. The number of rotatable bonds is 4. The summed E-state index contributed by atoms with van der Waals surface area (Å²) in [6, 6.07) is 3.29. The summed E-state index contributed by atoms with van der Waals surface area (Å²) in [6.45, 7) is 3.70. The van der Waals surface area contributed by atoms with E-state index in [0.717, 1.165) is 31.5 Å². The quantitative estimate of drug-likeness (QED) is 0.925. The average Bonchev–Trinajstić information content (AvgIpc) is 2.40. The van der Waals surface area contributed by atoms with E-state index in [9.17, 15) is 12.8 Å². The van der Waals surface area contributed by atoms with Crippen LogP contribution in [0, 0.1) is 5.82 Å². The fourth-order valence-electron chi connectivity index (χ4n) is 2.51. The number of halogens is 2.